The number of nitrogens with one attached hydrogen (secondary N) is 2. The third kappa shape index (κ3) is 2.94. The lowest BCUT2D eigenvalue weighted by Crippen LogP contribution is -1.99. The van der Waals surface area contributed by atoms with Gasteiger partial charge in [-0.05, 0) is 29.8 Å². The van der Waals surface area contributed by atoms with E-state index in [4.69, 9.17) is 27.9 Å². The molecule has 0 amide bonds. The van der Waals surface area contributed by atoms with Crippen LogP contribution in [0.3, 0.4) is 0 Å². The van der Waals surface area contributed by atoms with Crippen LogP contribution in [-0.2, 0) is 6.54 Å². The van der Waals surface area contributed by atoms with Gasteiger partial charge in [-0.2, -0.15) is 0 Å². The Morgan fingerprint density at radius 3 is 2.81 bits per heavy atom. The molecule has 5 heteroatoms. The van der Waals surface area contributed by atoms with Crippen LogP contribution in [0.4, 0.5) is 5.69 Å². The van der Waals surface area contributed by atoms with Crippen LogP contribution < -0.4 is 10.1 Å². The summed E-state index contributed by atoms with van der Waals surface area (Å²) in [6, 6.07) is 11.4. The average molecular weight is 321 g/mol. The molecule has 0 fully saturated rings. The molecule has 0 radical (unpaired) electrons. The lowest BCUT2D eigenvalue weighted by atomic mass is 10.1. The number of hydrogen-bond acceptors (Lipinski definition) is 2. The number of fused-ring (bicyclic) bond motifs is 1. The molecule has 0 spiro atoms. The second-order valence-corrected chi connectivity index (χ2v) is 5.55. The van der Waals surface area contributed by atoms with Crippen molar-refractivity contribution < 1.29 is 4.74 Å². The molecule has 0 unspecified atom stereocenters. The highest BCUT2D eigenvalue weighted by Crippen LogP contribution is 2.28. The smallest absolute Gasteiger partial charge is 0.121 e. The Balaban J connectivity index is 1.83. The van der Waals surface area contributed by atoms with Crippen LogP contribution in [-0.4, -0.2) is 12.1 Å². The van der Waals surface area contributed by atoms with E-state index >= 15 is 0 Å². The van der Waals surface area contributed by atoms with Crippen molar-refractivity contribution in [2.24, 2.45) is 0 Å². The minimum absolute atomic E-state index is 0.661. The van der Waals surface area contributed by atoms with E-state index in [0.29, 0.717) is 11.6 Å². The monoisotopic (exact) mass is 320 g/mol. The first-order chi connectivity index (χ1) is 10.2. The fourth-order valence-electron chi connectivity index (χ4n) is 2.26. The van der Waals surface area contributed by atoms with Crippen molar-refractivity contribution in [2.75, 3.05) is 12.4 Å². The number of H-pyrrole nitrogens is 1. The molecule has 0 aliphatic carbocycles. The Bertz CT molecular complexity index is 783. The van der Waals surface area contributed by atoms with Gasteiger partial charge in [-0.1, -0.05) is 29.3 Å². The zero-order chi connectivity index (χ0) is 14.8. The SMILES string of the molecule is COc1ccc(Cl)c(NCc2c[nH]c3cc(Cl)ccc23)c1. The quantitative estimate of drug-likeness (QED) is 0.702. The molecule has 0 bridgehead atoms. The van der Waals surface area contributed by atoms with Gasteiger partial charge < -0.3 is 15.0 Å². The van der Waals surface area contributed by atoms with Gasteiger partial charge in [-0.15, -0.1) is 0 Å². The minimum atomic E-state index is 0.661. The van der Waals surface area contributed by atoms with Crippen molar-refractivity contribution in [1.82, 2.24) is 4.98 Å². The minimum Gasteiger partial charge on any atom is -0.497 e. The van der Waals surface area contributed by atoms with E-state index in [9.17, 15) is 0 Å². The maximum absolute atomic E-state index is 6.19. The molecule has 2 N–H and O–H groups in total. The van der Waals surface area contributed by atoms with E-state index in [0.717, 1.165) is 32.9 Å². The number of methoxy groups -OCH3 is 1. The molecule has 0 aliphatic rings. The Kier molecular flexibility index (Phi) is 3.95. The van der Waals surface area contributed by atoms with Gasteiger partial charge in [0, 0.05) is 34.7 Å². The van der Waals surface area contributed by atoms with Gasteiger partial charge in [-0.25, -0.2) is 0 Å². The molecule has 3 rings (SSSR count). The van der Waals surface area contributed by atoms with Gasteiger partial charge >= 0.3 is 0 Å². The number of aromatic nitrogens is 1. The van der Waals surface area contributed by atoms with Crippen LogP contribution in [0, 0.1) is 0 Å². The van der Waals surface area contributed by atoms with Crippen molar-refractivity contribution >= 4 is 39.8 Å². The molecular weight excluding hydrogens is 307 g/mol. The number of anilines is 1. The molecule has 1 heterocycles. The summed E-state index contributed by atoms with van der Waals surface area (Å²) in [6.45, 7) is 0.661. The largest absolute Gasteiger partial charge is 0.497 e. The Labute approximate surface area is 132 Å². The molecule has 108 valence electrons. The third-order valence-electron chi connectivity index (χ3n) is 3.37. The topological polar surface area (TPSA) is 37.0 Å². The molecule has 2 aromatic carbocycles. The van der Waals surface area contributed by atoms with Crippen molar-refractivity contribution in [3.05, 3.63) is 58.2 Å². The highest BCUT2D eigenvalue weighted by Gasteiger charge is 2.06. The van der Waals surface area contributed by atoms with Gasteiger partial charge in [0.05, 0.1) is 17.8 Å². The van der Waals surface area contributed by atoms with Crippen LogP contribution in [0.1, 0.15) is 5.56 Å². The van der Waals surface area contributed by atoms with Gasteiger partial charge in [0.1, 0.15) is 5.75 Å². The van der Waals surface area contributed by atoms with Crippen LogP contribution in [0.2, 0.25) is 10.0 Å². The summed E-state index contributed by atoms with van der Waals surface area (Å²) >= 11 is 12.2. The van der Waals surface area contributed by atoms with E-state index < -0.39 is 0 Å². The Hall–Kier alpha value is -1.84. The summed E-state index contributed by atoms with van der Waals surface area (Å²) in [7, 11) is 1.64. The van der Waals surface area contributed by atoms with E-state index in [-0.39, 0.29) is 0 Å². The van der Waals surface area contributed by atoms with Crippen molar-refractivity contribution in [1.29, 1.82) is 0 Å². The summed E-state index contributed by atoms with van der Waals surface area (Å²) < 4.78 is 5.21. The van der Waals surface area contributed by atoms with Crippen LogP contribution in [0.25, 0.3) is 10.9 Å². The number of rotatable bonds is 4. The zero-order valence-corrected chi connectivity index (χ0v) is 12.9. The van der Waals surface area contributed by atoms with Gasteiger partial charge in [0.2, 0.25) is 0 Å². The van der Waals surface area contributed by atoms with Crippen molar-refractivity contribution in [3.8, 4) is 5.75 Å². The highest BCUT2D eigenvalue weighted by molar-refractivity contribution is 6.33. The Morgan fingerprint density at radius 1 is 1.14 bits per heavy atom. The van der Waals surface area contributed by atoms with Gasteiger partial charge in [0.15, 0.2) is 0 Å². The first-order valence-corrected chi connectivity index (χ1v) is 7.26. The van der Waals surface area contributed by atoms with Crippen molar-refractivity contribution in [3.63, 3.8) is 0 Å². The first kappa shape index (κ1) is 14.1. The Morgan fingerprint density at radius 2 is 2.00 bits per heavy atom. The standard InChI is InChI=1S/C16H14Cl2N2O/c1-21-12-3-5-14(18)16(7-12)20-9-10-8-19-15-6-11(17)2-4-13(10)15/h2-8,19-20H,9H2,1H3. The van der Waals surface area contributed by atoms with Crippen molar-refractivity contribution in [2.45, 2.75) is 6.54 Å². The molecule has 21 heavy (non-hydrogen) atoms. The summed E-state index contributed by atoms with van der Waals surface area (Å²) in [6.07, 6.45) is 1.97. The molecular formula is C16H14Cl2N2O. The lowest BCUT2D eigenvalue weighted by molar-refractivity contribution is 0.415. The van der Waals surface area contributed by atoms with E-state index in [2.05, 4.69) is 10.3 Å². The number of aromatic amines is 1. The molecule has 0 aliphatic heterocycles. The zero-order valence-electron chi connectivity index (χ0n) is 11.4. The van der Waals surface area contributed by atoms with Crippen LogP contribution in [0.5, 0.6) is 5.75 Å². The molecule has 0 saturated carbocycles. The van der Waals surface area contributed by atoms with E-state index in [1.807, 2.05) is 42.6 Å². The number of benzene rings is 2. The lowest BCUT2D eigenvalue weighted by Gasteiger charge is -2.09. The molecule has 1 aromatic heterocycles. The maximum Gasteiger partial charge on any atom is 0.121 e. The third-order valence-corrected chi connectivity index (χ3v) is 3.94. The summed E-state index contributed by atoms with van der Waals surface area (Å²) in [5, 5.41) is 5.86. The second kappa shape index (κ2) is 5.88. The maximum atomic E-state index is 6.19. The number of ether oxygens (including phenoxy) is 1. The first-order valence-electron chi connectivity index (χ1n) is 6.50. The summed E-state index contributed by atoms with van der Waals surface area (Å²) in [4.78, 5) is 3.22. The summed E-state index contributed by atoms with van der Waals surface area (Å²) in [5.41, 5.74) is 3.02. The predicted molar refractivity (Wildman–Crippen MR) is 88.6 cm³/mol. The van der Waals surface area contributed by atoms with Gasteiger partial charge in [0.25, 0.3) is 0 Å². The normalized spacial score (nSPS) is 10.8. The molecule has 0 saturated heterocycles. The van der Waals surface area contributed by atoms with Gasteiger partial charge in [-0.3, -0.25) is 0 Å². The van der Waals surface area contributed by atoms with E-state index in [1.165, 1.54) is 0 Å². The number of hydrogen-bond donors (Lipinski definition) is 2. The average Bonchev–Trinajstić information content (AvgIpc) is 2.88. The van der Waals surface area contributed by atoms with E-state index in [1.54, 1.807) is 7.11 Å². The van der Waals surface area contributed by atoms with Crippen LogP contribution in [0.15, 0.2) is 42.6 Å². The molecule has 3 aromatic rings. The molecule has 3 nitrogen and oxygen atoms in total. The highest BCUT2D eigenvalue weighted by atomic mass is 35.5. The summed E-state index contributed by atoms with van der Waals surface area (Å²) in [5.74, 6) is 0.771. The van der Waals surface area contributed by atoms with Crippen LogP contribution >= 0.6 is 23.2 Å². The fraction of sp³-hybridized carbons (Fsp3) is 0.125. The fourth-order valence-corrected chi connectivity index (χ4v) is 2.62. The number of halogens is 2. The second-order valence-electron chi connectivity index (χ2n) is 4.70. The predicted octanol–water partition coefficient (Wildman–Crippen LogP) is 5.10. The molecule has 0 atom stereocenters.